The summed E-state index contributed by atoms with van der Waals surface area (Å²) in [6.45, 7) is 3.27. The second-order valence-corrected chi connectivity index (χ2v) is 4.88. The Labute approximate surface area is 113 Å². The van der Waals surface area contributed by atoms with Gasteiger partial charge in [0, 0.05) is 19.3 Å². The first kappa shape index (κ1) is 13.5. The highest BCUT2D eigenvalue weighted by atomic mass is 16.2. The summed E-state index contributed by atoms with van der Waals surface area (Å²) in [7, 11) is 0. The first-order chi connectivity index (χ1) is 9.16. The van der Waals surface area contributed by atoms with Crippen molar-refractivity contribution in [2.75, 3.05) is 18.4 Å². The third kappa shape index (κ3) is 3.77. The summed E-state index contributed by atoms with van der Waals surface area (Å²) in [5.74, 6) is -0.638. The minimum absolute atomic E-state index is 0.416. The molecular weight excluding hydrogens is 242 g/mol. The molecule has 2 rings (SSSR count). The molecule has 0 atom stereocenters. The third-order valence-corrected chi connectivity index (χ3v) is 3.24. The number of nitrogens with zero attached hydrogens (tertiary/aromatic N) is 2. The lowest BCUT2D eigenvalue weighted by Crippen LogP contribution is -2.40. The minimum atomic E-state index is -0.599. The molecule has 0 aromatic carbocycles. The van der Waals surface area contributed by atoms with E-state index >= 15 is 0 Å². The van der Waals surface area contributed by atoms with Gasteiger partial charge in [-0.2, -0.15) is 0 Å². The predicted molar refractivity (Wildman–Crippen MR) is 72.7 cm³/mol. The SMILES string of the molecule is Cc1ccc(NC(=O)C(=O)N2CCCCCC2)nc1. The molecule has 5 heteroatoms. The van der Waals surface area contributed by atoms with E-state index in [2.05, 4.69) is 10.3 Å². The molecule has 0 bridgehead atoms. The standard InChI is InChI=1S/C14H19N3O2/c1-11-6-7-12(15-10-11)16-13(18)14(19)17-8-4-2-3-5-9-17/h6-7,10H,2-5,8-9H2,1H3,(H,15,16,18). The number of amides is 2. The van der Waals surface area contributed by atoms with E-state index in [9.17, 15) is 9.59 Å². The molecular formula is C14H19N3O2. The Balaban J connectivity index is 1.94. The van der Waals surface area contributed by atoms with Crippen molar-refractivity contribution in [3.63, 3.8) is 0 Å². The third-order valence-electron chi connectivity index (χ3n) is 3.24. The monoisotopic (exact) mass is 261 g/mol. The Morgan fingerprint density at radius 3 is 2.42 bits per heavy atom. The van der Waals surface area contributed by atoms with E-state index in [-0.39, 0.29) is 0 Å². The van der Waals surface area contributed by atoms with Gasteiger partial charge in [-0.3, -0.25) is 9.59 Å². The van der Waals surface area contributed by atoms with Crippen molar-refractivity contribution in [1.82, 2.24) is 9.88 Å². The van der Waals surface area contributed by atoms with Crippen LogP contribution in [0.3, 0.4) is 0 Å². The number of anilines is 1. The molecule has 1 aromatic rings. The molecule has 1 aromatic heterocycles. The molecule has 0 unspecified atom stereocenters. The van der Waals surface area contributed by atoms with Crippen molar-refractivity contribution >= 4 is 17.6 Å². The number of nitrogens with one attached hydrogen (secondary N) is 1. The van der Waals surface area contributed by atoms with Gasteiger partial charge in [0.05, 0.1) is 0 Å². The fourth-order valence-corrected chi connectivity index (χ4v) is 2.13. The summed E-state index contributed by atoms with van der Waals surface area (Å²) in [5.41, 5.74) is 1.01. The number of hydrogen-bond donors (Lipinski definition) is 1. The molecule has 0 spiro atoms. The summed E-state index contributed by atoms with van der Waals surface area (Å²) >= 11 is 0. The first-order valence-electron chi connectivity index (χ1n) is 6.70. The van der Waals surface area contributed by atoms with Crippen molar-refractivity contribution in [2.45, 2.75) is 32.6 Å². The molecule has 0 aliphatic carbocycles. The number of likely N-dealkylation sites (tertiary alicyclic amines) is 1. The van der Waals surface area contributed by atoms with Gasteiger partial charge < -0.3 is 10.2 Å². The summed E-state index contributed by atoms with van der Waals surface area (Å²) in [5, 5.41) is 2.55. The van der Waals surface area contributed by atoms with Gasteiger partial charge in [0.15, 0.2) is 0 Å². The first-order valence-corrected chi connectivity index (χ1v) is 6.70. The van der Waals surface area contributed by atoms with Crippen LogP contribution in [0.4, 0.5) is 5.82 Å². The number of carbonyl (C=O) groups is 2. The van der Waals surface area contributed by atoms with Gasteiger partial charge in [-0.25, -0.2) is 4.98 Å². The van der Waals surface area contributed by atoms with Crippen LogP contribution in [-0.2, 0) is 9.59 Å². The highest BCUT2D eigenvalue weighted by Gasteiger charge is 2.22. The zero-order valence-electron chi connectivity index (χ0n) is 11.2. The smallest absolute Gasteiger partial charge is 0.315 e. The highest BCUT2D eigenvalue weighted by molar-refractivity contribution is 6.39. The maximum absolute atomic E-state index is 12.0. The molecule has 102 valence electrons. The summed E-state index contributed by atoms with van der Waals surface area (Å²) < 4.78 is 0. The Bertz CT molecular complexity index is 448. The molecule has 1 N–H and O–H groups in total. The molecule has 2 amide bonds. The number of carbonyl (C=O) groups excluding carboxylic acids is 2. The average Bonchev–Trinajstić information content (AvgIpc) is 2.69. The van der Waals surface area contributed by atoms with Crippen LogP contribution >= 0.6 is 0 Å². The molecule has 1 saturated heterocycles. The van der Waals surface area contributed by atoms with E-state index in [1.807, 2.05) is 13.0 Å². The topological polar surface area (TPSA) is 62.3 Å². The molecule has 19 heavy (non-hydrogen) atoms. The van der Waals surface area contributed by atoms with Crippen molar-refractivity contribution in [3.05, 3.63) is 23.9 Å². The lowest BCUT2D eigenvalue weighted by molar-refractivity contribution is -0.143. The van der Waals surface area contributed by atoms with E-state index in [0.29, 0.717) is 18.9 Å². The average molecular weight is 261 g/mol. The molecule has 0 radical (unpaired) electrons. The second kappa shape index (κ2) is 6.31. The van der Waals surface area contributed by atoms with Crippen LogP contribution in [0.1, 0.15) is 31.2 Å². The number of aryl methyl sites for hydroxylation is 1. The lowest BCUT2D eigenvalue weighted by Gasteiger charge is -2.19. The van der Waals surface area contributed by atoms with E-state index in [0.717, 1.165) is 31.2 Å². The molecule has 5 nitrogen and oxygen atoms in total. The van der Waals surface area contributed by atoms with Crippen molar-refractivity contribution < 1.29 is 9.59 Å². The molecule has 1 fully saturated rings. The van der Waals surface area contributed by atoms with Gasteiger partial charge in [0.25, 0.3) is 0 Å². The van der Waals surface area contributed by atoms with Crippen LogP contribution in [0.25, 0.3) is 0 Å². The fourth-order valence-electron chi connectivity index (χ4n) is 2.13. The molecule has 2 heterocycles. The van der Waals surface area contributed by atoms with Gasteiger partial charge in [0.1, 0.15) is 5.82 Å². The summed E-state index contributed by atoms with van der Waals surface area (Å²) in [6.07, 6.45) is 5.87. The van der Waals surface area contributed by atoms with Crippen molar-refractivity contribution in [3.8, 4) is 0 Å². The Morgan fingerprint density at radius 1 is 1.16 bits per heavy atom. The maximum Gasteiger partial charge on any atom is 0.315 e. The van der Waals surface area contributed by atoms with Crippen LogP contribution < -0.4 is 5.32 Å². The van der Waals surface area contributed by atoms with Gasteiger partial charge in [-0.15, -0.1) is 0 Å². The second-order valence-electron chi connectivity index (χ2n) is 4.88. The van der Waals surface area contributed by atoms with Crippen LogP contribution in [0, 0.1) is 6.92 Å². The van der Waals surface area contributed by atoms with Crippen LogP contribution in [0.5, 0.6) is 0 Å². The van der Waals surface area contributed by atoms with Crippen molar-refractivity contribution in [1.29, 1.82) is 0 Å². The molecule has 1 aliphatic rings. The fraction of sp³-hybridized carbons (Fsp3) is 0.500. The number of hydrogen-bond acceptors (Lipinski definition) is 3. The number of pyridine rings is 1. The van der Waals surface area contributed by atoms with Gasteiger partial charge >= 0.3 is 11.8 Å². The quantitative estimate of drug-likeness (QED) is 0.783. The zero-order valence-corrected chi connectivity index (χ0v) is 11.2. The highest BCUT2D eigenvalue weighted by Crippen LogP contribution is 2.10. The van der Waals surface area contributed by atoms with Gasteiger partial charge in [-0.05, 0) is 31.4 Å². The Hall–Kier alpha value is -1.91. The molecule has 0 saturated carbocycles. The van der Waals surface area contributed by atoms with Crippen molar-refractivity contribution in [2.24, 2.45) is 0 Å². The zero-order chi connectivity index (χ0) is 13.7. The summed E-state index contributed by atoms with van der Waals surface area (Å²) in [6, 6.07) is 3.54. The van der Waals surface area contributed by atoms with Crippen LogP contribution in [0.15, 0.2) is 18.3 Å². The van der Waals surface area contributed by atoms with E-state index < -0.39 is 11.8 Å². The summed E-state index contributed by atoms with van der Waals surface area (Å²) in [4.78, 5) is 29.6. The Morgan fingerprint density at radius 2 is 1.84 bits per heavy atom. The normalized spacial score (nSPS) is 15.7. The van der Waals surface area contributed by atoms with E-state index in [1.165, 1.54) is 0 Å². The largest absolute Gasteiger partial charge is 0.334 e. The number of rotatable bonds is 1. The number of aromatic nitrogens is 1. The van der Waals surface area contributed by atoms with Gasteiger partial charge in [-0.1, -0.05) is 18.9 Å². The minimum Gasteiger partial charge on any atom is -0.334 e. The predicted octanol–water partition coefficient (Wildman–Crippen LogP) is 1.73. The van der Waals surface area contributed by atoms with E-state index in [1.54, 1.807) is 17.2 Å². The van der Waals surface area contributed by atoms with Gasteiger partial charge in [0.2, 0.25) is 0 Å². The maximum atomic E-state index is 12.0. The van der Waals surface area contributed by atoms with Crippen LogP contribution in [0.2, 0.25) is 0 Å². The Kier molecular flexibility index (Phi) is 4.49. The molecule has 1 aliphatic heterocycles. The van der Waals surface area contributed by atoms with E-state index in [4.69, 9.17) is 0 Å². The van der Waals surface area contributed by atoms with Crippen LogP contribution in [-0.4, -0.2) is 34.8 Å². The lowest BCUT2D eigenvalue weighted by atomic mass is 10.2.